The lowest BCUT2D eigenvalue weighted by atomic mass is 9.92. The molecule has 2 aromatic heterocycles. The first-order valence-electron chi connectivity index (χ1n) is 9.14. The monoisotopic (exact) mass is 346 g/mol. The van der Waals surface area contributed by atoms with Gasteiger partial charge in [0.2, 0.25) is 0 Å². The molecule has 1 amide bonds. The molecule has 3 aromatic rings. The average Bonchev–Trinajstić information content (AvgIpc) is 3.13. The Morgan fingerprint density at radius 1 is 1.04 bits per heavy atom. The quantitative estimate of drug-likeness (QED) is 0.687. The van der Waals surface area contributed by atoms with Gasteiger partial charge in [-0.05, 0) is 48.9 Å². The summed E-state index contributed by atoms with van der Waals surface area (Å²) < 4.78 is 5.09. The Balaban J connectivity index is 1.43. The molecule has 1 atom stereocenters. The van der Waals surface area contributed by atoms with E-state index in [0.717, 1.165) is 43.6 Å². The Bertz CT molecular complexity index is 842. The van der Waals surface area contributed by atoms with Crippen LogP contribution < -0.4 is 0 Å². The average molecular weight is 346 g/mol. The molecule has 0 saturated carbocycles. The predicted octanol–water partition coefficient (Wildman–Crippen LogP) is 4.75. The van der Waals surface area contributed by atoms with Crippen LogP contribution in [0.3, 0.4) is 0 Å². The Morgan fingerprint density at radius 3 is 2.65 bits per heavy atom. The van der Waals surface area contributed by atoms with E-state index in [-0.39, 0.29) is 5.91 Å². The third-order valence-corrected chi connectivity index (χ3v) is 5.11. The van der Waals surface area contributed by atoms with Crippen molar-refractivity contribution in [2.24, 2.45) is 0 Å². The maximum absolute atomic E-state index is 12.9. The molecule has 4 rings (SSSR count). The van der Waals surface area contributed by atoms with Crippen LogP contribution in [0.4, 0.5) is 0 Å². The minimum atomic E-state index is 0.0740. The fourth-order valence-corrected chi connectivity index (χ4v) is 3.64. The van der Waals surface area contributed by atoms with Gasteiger partial charge in [-0.25, -0.2) is 0 Å². The normalized spacial score (nSPS) is 17.7. The zero-order valence-corrected chi connectivity index (χ0v) is 14.7. The van der Waals surface area contributed by atoms with Gasteiger partial charge in [0.25, 0.3) is 5.91 Å². The summed E-state index contributed by atoms with van der Waals surface area (Å²) in [4.78, 5) is 19.2. The van der Waals surface area contributed by atoms with Crippen LogP contribution in [0.5, 0.6) is 0 Å². The molecule has 0 spiro atoms. The fourth-order valence-electron chi connectivity index (χ4n) is 3.64. The van der Waals surface area contributed by atoms with Gasteiger partial charge in [-0.15, -0.1) is 0 Å². The fraction of sp³-hybridized carbons (Fsp3) is 0.273. The number of benzene rings is 1. The van der Waals surface area contributed by atoms with Gasteiger partial charge in [0.1, 0.15) is 0 Å². The predicted molar refractivity (Wildman–Crippen MR) is 101 cm³/mol. The van der Waals surface area contributed by atoms with Gasteiger partial charge in [0.05, 0.1) is 23.8 Å². The minimum Gasteiger partial charge on any atom is -0.472 e. The molecule has 0 N–H and O–H groups in total. The third kappa shape index (κ3) is 3.54. The number of furan rings is 1. The number of pyridine rings is 1. The second-order valence-electron chi connectivity index (χ2n) is 6.77. The lowest BCUT2D eigenvalue weighted by molar-refractivity contribution is 0.0760. The van der Waals surface area contributed by atoms with Crippen LogP contribution in [0, 0.1) is 0 Å². The van der Waals surface area contributed by atoms with E-state index in [9.17, 15) is 4.79 Å². The first-order valence-corrected chi connectivity index (χ1v) is 9.14. The Morgan fingerprint density at radius 2 is 1.92 bits per heavy atom. The summed E-state index contributed by atoms with van der Waals surface area (Å²) in [5, 5.41) is 0. The summed E-state index contributed by atoms with van der Waals surface area (Å²) in [6, 6.07) is 16.2. The standard InChI is InChI=1S/C22H22N2O2/c25-22(19-8-9-21(23-15-19)20-11-14-26-16-20)24-12-4-7-18(10-13-24)17-5-2-1-3-6-17/h1-3,5-6,8-9,11,14-16,18H,4,7,10,12-13H2/t18-/m0/s1. The van der Waals surface area contributed by atoms with Gasteiger partial charge in [0.15, 0.2) is 0 Å². The van der Waals surface area contributed by atoms with Gasteiger partial charge < -0.3 is 9.32 Å². The molecule has 1 aromatic carbocycles. The van der Waals surface area contributed by atoms with Crippen molar-refractivity contribution in [3.05, 3.63) is 78.4 Å². The largest absolute Gasteiger partial charge is 0.472 e. The number of hydrogen-bond donors (Lipinski definition) is 0. The number of nitrogens with zero attached hydrogens (tertiary/aromatic N) is 2. The molecular weight excluding hydrogens is 324 g/mol. The SMILES string of the molecule is O=C(c1ccc(-c2ccoc2)nc1)N1CCC[C@H](c2ccccc2)CC1. The van der Waals surface area contributed by atoms with Crippen molar-refractivity contribution in [1.82, 2.24) is 9.88 Å². The number of likely N-dealkylation sites (tertiary alicyclic amines) is 1. The lowest BCUT2D eigenvalue weighted by Crippen LogP contribution is -2.32. The van der Waals surface area contributed by atoms with Crippen LogP contribution in [0.25, 0.3) is 11.3 Å². The molecule has 4 nitrogen and oxygen atoms in total. The van der Waals surface area contributed by atoms with Crippen molar-refractivity contribution in [3.8, 4) is 11.3 Å². The molecule has 0 unspecified atom stereocenters. The number of amides is 1. The molecule has 1 aliphatic heterocycles. The van der Waals surface area contributed by atoms with Crippen LogP contribution >= 0.6 is 0 Å². The summed E-state index contributed by atoms with van der Waals surface area (Å²) in [5.41, 5.74) is 3.77. The Labute approximate surface area is 153 Å². The van der Waals surface area contributed by atoms with Crippen LogP contribution in [0.2, 0.25) is 0 Å². The van der Waals surface area contributed by atoms with Crippen LogP contribution in [0.15, 0.2) is 71.7 Å². The first-order chi connectivity index (χ1) is 12.8. The second kappa shape index (κ2) is 7.56. The van der Waals surface area contributed by atoms with E-state index >= 15 is 0 Å². The molecule has 132 valence electrons. The van der Waals surface area contributed by atoms with Gasteiger partial charge in [0, 0.05) is 24.8 Å². The van der Waals surface area contributed by atoms with E-state index in [1.165, 1.54) is 5.56 Å². The summed E-state index contributed by atoms with van der Waals surface area (Å²) in [6.07, 6.45) is 8.12. The highest BCUT2D eigenvalue weighted by Crippen LogP contribution is 2.28. The molecule has 26 heavy (non-hydrogen) atoms. The lowest BCUT2D eigenvalue weighted by Gasteiger charge is -2.20. The van der Waals surface area contributed by atoms with Gasteiger partial charge in [-0.3, -0.25) is 9.78 Å². The highest BCUT2D eigenvalue weighted by atomic mass is 16.3. The first kappa shape index (κ1) is 16.6. The van der Waals surface area contributed by atoms with E-state index in [1.54, 1.807) is 18.7 Å². The molecule has 1 aliphatic rings. The molecule has 0 aliphatic carbocycles. The van der Waals surface area contributed by atoms with Crippen molar-refractivity contribution < 1.29 is 9.21 Å². The number of carbonyl (C=O) groups is 1. The van der Waals surface area contributed by atoms with E-state index in [2.05, 4.69) is 35.3 Å². The van der Waals surface area contributed by atoms with Crippen molar-refractivity contribution >= 4 is 5.91 Å². The molecule has 1 fully saturated rings. The Hall–Kier alpha value is -2.88. The van der Waals surface area contributed by atoms with Crippen molar-refractivity contribution in [1.29, 1.82) is 0 Å². The number of aromatic nitrogens is 1. The Kier molecular flexibility index (Phi) is 4.82. The topological polar surface area (TPSA) is 46.3 Å². The minimum absolute atomic E-state index is 0.0740. The van der Waals surface area contributed by atoms with Crippen molar-refractivity contribution in [2.45, 2.75) is 25.2 Å². The summed E-state index contributed by atoms with van der Waals surface area (Å²) in [6.45, 7) is 1.60. The number of rotatable bonds is 3. The zero-order valence-electron chi connectivity index (χ0n) is 14.7. The van der Waals surface area contributed by atoms with E-state index < -0.39 is 0 Å². The smallest absolute Gasteiger partial charge is 0.255 e. The van der Waals surface area contributed by atoms with E-state index in [4.69, 9.17) is 4.42 Å². The number of hydrogen-bond acceptors (Lipinski definition) is 3. The van der Waals surface area contributed by atoms with Crippen molar-refractivity contribution in [3.63, 3.8) is 0 Å². The van der Waals surface area contributed by atoms with Gasteiger partial charge in [-0.1, -0.05) is 30.3 Å². The highest BCUT2D eigenvalue weighted by Gasteiger charge is 2.22. The summed E-state index contributed by atoms with van der Waals surface area (Å²) in [5.74, 6) is 0.612. The zero-order chi connectivity index (χ0) is 17.8. The highest BCUT2D eigenvalue weighted by molar-refractivity contribution is 5.94. The third-order valence-electron chi connectivity index (χ3n) is 5.11. The van der Waals surface area contributed by atoms with E-state index in [1.807, 2.05) is 23.1 Å². The van der Waals surface area contributed by atoms with Crippen LogP contribution in [-0.4, -0.2) is 28.9 Å². The number of carbonyl (C=O) groups excluding carboxylic acids is 1. The van der Waals surface area contributed by atoms with Gasteiger partial charge in [-0.2, -0.15) is 0 Å². The molecule has 4 heteroatoms. The molecule has 0 radical (unpaired) electrons. The van der Waals surface area contributed by atoms with Crippen molar-refractivity contribution in [2.75, 3.05) is 13.1 Å². The molecule has 1 saturated heterocycles. The second-order valence-corrected chi connectivity index (χ2v) is 6.77. The molecule has 3 heterocycles. The molecule has 0 bridgehead atoms. The maximum atomic E-state index is 12.9. The maximum Gasteiger partial charge on any atom is 0.255 e. The van der Waals surface area contributed by atoms with Gasteiger partial charge >= 0.3 is 0 Å². The van der Waals surface area contributed by atoms with Crippen LogP contribution in [0.1, 0.15) is 41.1 Å². The summed E-state index contributed by atoms with van der Waals surface area (Å²) >= 11 is 0. The molecular formula is C22H22N2O2. The summed E-state index contributed by atoms with van der Waals surface area (Å²) in [7, 11) is 0. The van der Waals surface area contributed by atoms with E-state index in [0.29, 0.717) is 11.5 Å². The van der Waals surface area contributed by atoms with Crippen LogP contribution in [-0.2, 0) is 0 Å².